The van der Waals surface area contributed by atoms with Gasteiger partial charge in [0.15, 0.2) is 0 Å². The lowest BCUT2D eigenvalue weighted by molar-refractivity contribution is -0.141. The average Bonchev–Trinajstić information content (AvgIpc) is 2.72. The summed E-state index contributed by atoms with van der Waals surface area (Å²) in [5, 5.41) is 3.31. The molecule has 1 N–H and O–H groups in total. The Kier molecular flexibility index (Phi) is 8.33. The van der Waals surface area contributed by atoms with E-state index in [1.807, 2.05) is 55.5 Å². The Labute approximate surface area is 171 Å². The van der Waals surface area contributed by atoms with Crippen LogP contribution in [0.3, 0.4) is 0 Å². The molecule has 0 aliphatic heterocycles. The molecule has 0 saturated heterocycles. The van der Waals surface area contributed by atoms with E-state index in [1.54, 1.807) is 19.1 Å². The van der Waals surface area contributed by atoms with Gasteiger partial charge in [0.2, 0.25) is 11.8 Å². The summed E-state index contributed by atoms with van der Waals surface area (Å²) in [6.45, 7) is 2.24. The van der Waals surface area contributed by atoms with E-state index in [0.717, 1.165) is 11.1 Å². The molecule has 0 spiro atoms. The van der Waals surface area contributed by atoms with E-state index in [-0.39, 0.29) is 18.2 Å². The van der Waals surface area contributed by atoms with Crippen molar-refractivity contribution in [1.82, 2.24) is 10.2 Å². The Hall–Kier alpha value is -2.53. The van der Waals surface area contributed by atoms with Crippen LogP contribution in [0, 0.1) is 0 Å². The van der Waals surface area contributed by atoms with Crippen molar-refractivity contribution in [2.45, 2.75) is 38.8 Å². The number of nitrogens with one attached hydrogen (secondary N) is 1. The Morgan fingerprint density at radius 3 is 2.57 bits per heavy atom. The average molecular weight is 403 g/mol. The molecule has 28 heavy (non-hydrogen) atoms. The van der Waals surface area contributed by atoms with Crippen LogP contribution in [0.2, 0.25) is 5.02 Å². The Balaban J connectivity index is 2.22. The van der Waals surface area contributed by atoms with E-state index in [4.69, 9.17) is 16.3 Å². The van der Waals surface area contributed by atoms with Crippen LogP contribution in [0.25, 0.3) is 0 Å². The summed E-state index contributed by atoms with van der Waals surface area (Å²) in [5.41, 5.74) is 1.83. The summed E-state index contributed by atoms with van der Waals surface area (Å²) in [6, 6.07) is 14.5. The number of benzene rings is 2. The molecule has 0 saturated carbocycles. The molecule has 2 aromatic carbocycles. The van der Waals surface area contributed by atoms with Gasteiger partial charge in [-0.2, -0.15) is 0 Å². The lowest BCUT2D eigenvalue weighted by Crippen LogP contribution is -2.48. The molecule has 0 aromatic heterocycles. The SMILES string of the molecule is CC[C@H](C(=O)NC)N(Cc1cccc(OC)c1)C(=O)CCc1ccccc1Cl. The van der Waals surface area contributed by atoms with Crippen molar-refractivity contribution in [3.05, 3.63) is 64.7 Å². The lowest BCUT2D eigenvalue weighted by Gasteiger charge is -2.30. The van der Waals surface area contributed by atoms with E-state index in [0.29, 0.717) is 30.2 Å². The second-order valence-electron chi connectivity index (χ2n) is 6.50. The third-order valence-corrected chi connectivity index (χ3v) is 5.05. The predicted octanol–water partition coefficient (Wildman–Crippen LogP) is 3.83. The molecular formula is C22H27ClN2O3. The summed E-state index contributed by atoms with van der Waals surface area (Å²) in [7, 11) is 3.19. The standard InChI is InChI=1S/C22H27ClN2O3/c1-4-20(22(27)24-2)25(15-16-8-7-10-18(14-16)28-3)21(26)13-12-17-9-5-6-11-19(17)23/h5-11,14,20H,4,12-13,15H2,1-3H3,(H,24,27)/t20-/m1/s1. The number of amides is 2. The van der Waals surface area contributed by atoms with Crippen molar-refractivity contribution < 1.29 is 14.3 Å². The van der Waals surface area contributed by atoms with Crippen LogP contribution in [0.1, 0.15) is 30.9 Å². The largest absolute Gasteiger partial charge is 0.497 e. The molecule has 0 radical (unpaired) electrons. The Morgan fingerprint density at radius 2 is 1.93 bits per heavy atom. The summed E-state index contributed by atoms with van der Waals surface area (Å²) in [5.74, 6) is 0.462. The molecule has 0 bridgehead atoms. The highest BCUT2D eigenvalue weighted by molar-refractivity contribution is 6.31. The van der Waals surface area contributed by atoms with Crippen LogP contribution in [0.15, 0.2) is 48.5 Å². The number of hydrogen-bond donors (Lipinski definition) is 1. The van der Waals surface area contributed by atoms with Crippen molar-refractivity contribution in [1.29, 1.82) is 0 Å². The summed E-state index contributed by atoms with van der Waals surface area (Å²) in [6.07, 6.45) is 1.33. The van der Waals surface area contributed by atoms with Gasteiger partial charge in [-0.15, -0.1) is 0 Å². The van der Waals surface area contributed by atoms with Crippen LogP contribution >= 0.6 is 11.6 Å². The second kappa shape index (κ2) is 10.7. The molecular weight excluding hydrogens is 376 g/mol. The van der Waals surface area contributed by atoms with Gasteiger partial charge in [-0.1, -0.05) is 48.9 Å². The van der Waals surface area contributed by atoms with Gasteiger partial charge in [-0.05, 0) is 42.2 Å². The molecule has 0 fully saturated rings. The van der Waals surface area contributed by atoms with Crippen molar-refractivity contribution >= 4 is 23.4 Å². The minimum Gasteiger partial charge on any atom is -0.497 e. The van der Waals surface area contributed by atoms with E-state index < -0.39 is 6.04 Å². The zero-order valence-corrected chi connectivity index (χ0v) is 17.3. The third-order valence-electron chi connectivity index (χ3n) is 4.69. The fraction of sp³-hybridized carbons (Fsp3) is 0.364. The van der Waals surface area contributed by atoms with Gasteiger partial charge in [-0.25, -0.2) is 0 Å². The first-order valence-electron chi connectivity index (χ1n) is 9.37. The monoisotopic (exact) mass is 402 g/mol. The minimum atomic E-state index is -0.532. The van der Waals surface area contributed by atoms with Crippen LogP contribution in [0.5, 0.6) is 5.75 Å². The smallest absolute Gasteiger partial charge is 0.242 e. The van der Waals surface area contributed by atoms with Gasteiger partial charge in [0.25, 0.3) is 0 Å². The molecule has 2 rings (SSSR count). The van der Waals surface area contributed by atoms with Crippen molar-refractivity contribution in [2.75, 3.05) is 14.2 Å². The Morgan fingerprint density at radius 1 is 1.18 bits per heavy atom. The fourth-order valence-corrected chi connectivity index (χ4v) is 3.37. The number of likely N-dealkylation sites (N-methyl/N-ethyl adjacent to an activating group) is 1. The number of carbonyl (C=O) groups is 2. The zero-order valence-electron chi connectivity index (χ0n) is 16.6. The quantitative estimate of drug-likeness (QED) is 0.693. The maximum absolute atomic E-state index is 13.1. The number of hydrogen-bond acceptors (Lipinski definition) is 3. The molecule has 2 aromatic rings. The fourth-order valence-electron chi connectivity index (χ4n) is 3.14. The van der Waals surface area contributed by atoms with Crippen LogP contribution in [-0.2, 0) is 22.6 Å². The molecule has 0 aliphatic carbocycles. The summed E-state index contributed by atoms with van der Waals surface area (Å²) in [4.78, 5) is 27.1. The van der Waals surface area contributed by atoms with Gasteiger partial charge in [-0.3, -0.25) is 9.59 Å². The number of aryl methyl sites for hydroxylation is 1. The first kappa shape index (κ1) is 21.8. The topological polar surface area (TPSA) is 58.6 Å². The molecule has 2 amide bonds. The van der Waals surface area contributed by atoms with Crippen molar-refractivity contribution in [3.63, 3.8) is 0 Å². The first-order chi connectivity index (χ1) is 13.5. The number of nitrogens with zero attached hydrogens (tertiary/aromatic N) is 1. The molecule has 1 atom stereocenters. The number of methoxy groups -OCH3 is 1. The van der Waals surface area contributed by atoms with Crippen LogP contribution in [0.4, 0.5) is 0 Å². The molecule has 5 nitrogen and oxygen atoms in total. The zero-order chi connectivity index (χ0) is 20.5. The van der Waals surface area contributed by atoms with Crippen LogP contribution in [-0.4, -0.2) is 36.9 Å². The molecule has 0 heterocycles. The molecule has 0 aliphatic rings. The number of rotatable bonds is 9. The highest BCUT2D eigenvalue weighted by atomic mass is 35.5. The molecule has 0 unspecified atom stereocenters. The van der Waals surface area contributed by atoms with E-state index >= 15 is 0 Å². The minimum absolute atomic E-state index is 0.0850. The van der Waals surface area contributed by atoms with Crippen molar-refractivity contribution in [2.24, 2.45) is 0 Å². The number of carbonyl (C=O) groups excluding carboxylic acids is 2. The van der Waals surface area contributed by atoms with E-state index in [9.17, 15) is 9.59 Å². The van der Waals surface area contributed by atoms with E-state index in [2.05, 4.69) is 5.32 Å². The first-order valence-corrected chi connectivity index (χ1v) is 9.75. The maximum Gasteiger partial charge on any atom is 0.242 e. The number of halogens is 1. The van der Waals surface area contributed by atoms with Gasteiger partial charge in [0.1, 0.15) is 11.8 Å². The summed E-state index contributed by atoms with van der Waals surface area (Å²) < 4.78 is 5.27. The van der Waals surface area contributed by atoms with Gasteiger partial charge < -0.3 is 15.0 Å². The maximum atomic E-state index is 13.1. The normalized spacial score (nSPS) is 11.6. The van der Waals surface area contributed by atoms with Gasteiger partial charge >= 0.3 is 0 Å². The van der Waals surface area contributed by atoms with Gasteiger partial charge in [0, 0.05) is 25.0 Å². The highest BCUT2D eigenvalue weighted by Crippen LogP contribution is 2.20. The van der Waals surface area contributed by atoms with Crippen LogP contribution < -0.4 is 10.1 Å². The van der Waals surface area contributed by atoms with E-state index in [1.165, 1.54) is 0 Å². The molecule has 6 heteroatoms. The lowest BCUT2D eigenvalue weighted by atomic mass is 10.1. The predicted molar refractivity (Wildman–Crippen MR) is 111 cm³/mol. The second-order valence-corrected chi connectivity index (χ2v) is 6.91. The molecule has 150 valence electrons. The van der Waals surface area contributed by atoms with Crippen molar-refractivity contribution in [3.8, 4) is 5.75 Å². The number of ether oxygens (including phenoxy) is 1. The Bertz CT molecular complexity index is 810. The third kappa shape index (κ3) is 5.73. The van der Waals surface area contributed by atoms with Gasteiger partial charge in [0.05, 0.1) is 7.11 Å². The highest BCUT2D eigenvalue weighted by Gasteiger charge is 2.27. The summed E-state index contributed by atoms with van der Waals surface area (Å²) >= 11 is 6.21.